The minimum Gasteiger partial charge on any atom is -0.456 e. The first kappa shape index (κ1) is 22.1. The van der Waals surface area contributed by atoms with Crippen LogP contribution in [0.25, 0.3) is 43.6 Å². The zero-order valence-electron chi connectivity index (χ0n) is 21.6. The number of ether oxygens (including phenoxy) is 1. The summed E-state index contributed by atoms with van der Waals surface area (Å²) in [7, 11) is 0. The second kappa shape index (κ2) is 7.55. The quantitative estimate of drug-likeness (QED) is 0.241. The van der Waals surface area contributed by atoms with Gasteiger partial charge in [-0.25, -0.2) is 0 Å². The van der Waals surface area contributed by atoms with Crippen molar-refractivity contribution in [3.05, 3.63) is 78.0 Å². The Bertz CT molecular complexity index is 1630. The van der Waals surface area contributed by atoms with E-state index in [9.17, 15) is 0 Å². The van der Waals surface area contributed by atoms with Crippen molar-refractivity contribution in [1.82, 2.24) is 4.98 Å². The Balaban J connectivity index is 1.70. The van der Waals surface area contributed by atoms with Crippen LogP contribution in [0.15, 0.2) is 66.9 Å². The second-order valence-electron chi connectivity index (χ2n) is 12.5. The van der Waals surface area contributed by atoms with Crippen LogP contribution in [0.3, 0.4) is 0 Å². The van der Waals surface area contributed by atoms with Crippen LogP contribution in [0.2, 0.25) is 0 Å². The highest BCUT2D eigenvalue weighted by Gasteiger charge is 2.28. The topological polar surface area (TPSA) is 22.1 Å². The van der Waals surface area contributed by atoms with Crippen LogP contribution in [0, 0.1) is 10.8 Å². The van der Waals surface area contributed by atoms with E-state index >= 15 is 0 Å². The summed E-state index contributed by atoms with van der Waals surface area (Å²) >= 11 is 0. The van der Waals surface area contributed by atoms with Crippen LogP contribution >= 0.6 is 0 Å². The summed E-state index contributed by atoms with van der Waals surface area (Å²) in [6, 6.07) is 22.0. The molecule has 0 spiro atoms. The van der Waals surface area contributed by atoms with Gasteiger partial charge in [-0.1, -0.05) is 84.0 Å². The standard InChI is InChI=1S/C33H33NO/c1-32(2,3)18-22-12-9-11-21-17-27-29-24(28(21)22)14-15-34-30(29)25-16-20-10-7-8-13-23(20)26(31(25)35-27)19-33(4,5)6/h7-17H,18-19H2,1-6H3. The van der Waals surface area contributed by atoms with Gasteiger partial charge >= 0.3 is 0 Å². The Labute approximate surface area is 208 Å². The summed E-state index contributed by atoms with van der Waals surface area (Å²) in [5, 5.41) is 7.43. The molecule has 2 nitrogen and oxygen atoms in total. The predicted molar refractivity (Wildman–Crippen MR) is 149 cm³/mol. The Morgan fingerprint density at radius 3 is 2.23 bits per heavy atom. The predicted octanol–water partition coefficient (Wildman–Crippen LogP) is 9.49. The number of aromatic nitrogens is 1. The van der Waals surface area contributed by atoms with Crippen molar-refractivity contribution < 1.29 is 4.74 Å². The first-order valence-corrected chi connectivity index (χ1v) is 12.7. The van der Waals surface area contributed by atoms with Crippen molar-refractivity contribution in [1.29, 1.82) is 0 Å². The number of hydrogen-bond acceptors (Lipinski definition) is 2. The molecule has 2 heteroatoms. The fourth-order valence-corrected chi connectivity index (χ4v) is 5.72. The summed E-state index contributed by atoms with van der Waals surface area (Å²) in [4.78, 5) is 4.95. The van der Waals surface area contributed by atoms with E-state index in [4.69, 9.17) is 9.72 Å². The van der Waals surface area contributed by atoms with Gasteiger partial charge in [-0.3, -0.25) is 4.98 Å². The number of pyridine rings is 1. The third kappa shape index (κ3) is 3.76. The van der Waals surface area contributed by atoms with E-state index in [1.54, 1.807) is 0 Å². The second-order valence-corrected chi connectivity index (χ2v) is 12.5. The van der Waals surface area contributed by atoms with Crippen LogP contribution < -0.4 is 4.74 Å². The average molecular weight is 460 g/mol. The maximum Gasteiger partial charge on any atom is 0.140 e. The summed E-state index contributed by atoms with van der Waals surface area (Å²) in [5.74, 6) is 1.89. The molecule has 0 saturated carbocycles. The molecule has 2 heterocycles. The van der Waals surface area contributed by atoms with Crippen LogP contribution in [-0.2, 0) is 12.8 Å². The first-order chi connectivity index (χ1) is 16.6. The van der Waals surface area contributed by atoms with Gasteiger partial charge in [0.2, 0.25) is 0 Å². The third-order valence-electron chi connectivity index (χ3n) is 6.94. The lowest BCUT2D eigenvalue weighted by Gasteiger charge is -2.28. The van der Waals surface area contributed by atoms with Gasteiger partial charge in [-0.2, -0.15) is 0 Å². The number of rotatable bonds is 2. The molecule has 0 unspecified atom stereocenters. The van der Waals surface area contributed by atoms with E-state index in [-0.39, 0.29) is 10.8 Å². The van der Waals surface area contributed by atoms with Gasteiger partial charge in [0, 0.05) is 17.3 Å². The summed E-state index contributed by atoms with van der Waals surface area (Å²) < 4.78 is 6.84. The van der Waals surface area contributed by atoms with Gasteiger partial charge in [0.25, 0.3) is 0 Å². The van der Waals surface area contributed by atoms with Crippen molar-refractivity contribution in [2.45, 2.75) is 54.4 Å². The van der Waals surface area contributed by atoms with Crippen molar-refractivity contribution in [2.75, 3.05) is 0 Å². The fourth-order valence-electron chi connectivity index (χ4n) is 5.72. The molecule has 1 aliphatic heterocycles. The molecule has 0 atom stereocenters. The maximum atomic E-state index is 6.84. The van der Waals surface area contributed by atoms with Crippen LogP contribution in [-0.4, -0.2) is 4.98 Å². The van der Waals surface area contributed by atoms with Crippen molar-refractivity contribution >= 4 is 32.3 Å². The van der Waals surface area contributed by atoms with Gasteiger partial charge in [-0.15, -0.1) is 0 Å². The van der Waals surface area contributed by atoms with E-state index in [2.05, 4.69) is 102 Å². The Morgan fingerprint density at radius 2 is 1.46 bits per heavy atom. The fraction of sp³-hybridized carbons (Fsp3) is 0.303. The lowest BCUT2D eigenvalue weighted by Crippen LogP contribution is -2.12. The number of fused-ring (bicyclic) bond motifs is 5. The molecule has 35 heavy (non-hydrogen) atoms. The van der Waals surface area contributed by atoms with Gasteiger partial charge < -0.3 is 4.74 Å². The number of nitrogens with zero attached hydrogens (tertiary/aromatic N) is 1. The Morgan fingerprint density at radius 1 is 0.714 bits per heavy atom. The van der Waals surface area contributed by atoms with E-state index < -0.39 is 0 Å². The lowest BCUT2D eigenvalue weighted by atomic mass is 9.82. The highest BCUT2D eigenvalue weighted by Crippen LogP contribution is 2.51. The minimum absolute atomic E-state index is 0.131. The Kier molecular flexibility index (Phi) is 4.77. The summed E-state index contributed by atoms with van der Waals surface area (Å²) in [5.41, 5.74) is 5.14. The maximum absolute atomic E-state index is 6.84. The van der Waals surface area contributed by atoms with Gasteiger partial charge in [-0.05, 0) is 74.4 Å². The smallest absolute Gasteiger partial charge is 0.140 e. The van der Waals surface area contributed by atoms with Gasteiger partial charge in [0.05, 0.1) is 11.1 Å². The molecule has 0 saturated heterocycles. The molecule has 0 fully saturated rings. The van der Waals surface area contributed by atoms with E-state index in [1.807, 2.05) is 6.20 Å². The third-order valence-corrected chi connectivity index (χ3v) is 6.94. The van der Waals surface area contributed by atoms with E-state index in [1.165, 1.54) is 38.1 Å². The molecule has 1 aromatic heterocycles. The first-order valence-electron chi connectivity index (χ1n) is 12.7. The summed E-state index contributed by atoms with van der Waals surface area (Å²) in [6.45, 7) is 13.8. The zero-order chi connectivity index (χ0) is 24.5. The molecule has 0 bridgehead atoms. The molecule has 4 aromatic carbocycles. The van der Waals surface area contributed by atoms with Gasteiger partial charge in [0.15, 0.2) is 0 Å². The van der Waals surface area contributed by atoms with Crippen LogP contribution in [0.1, 0.15) is 52.7 Å². The summed E-state index contributed by atoms with van der Waals surface area (Å²) in [6.07, 6.45) is 3.93. The van der Waals surface area contributed by atoms with E-state index in [0.29, 0.717) is 0 Å². The normalized spacial score (nSPS) is 13.3. The largest absolute Gasteiger partial charge is 0.456 e. The molecule has 5 aromatic rings. The molecule has 0 radical (unpaired) electrons. The molecule has 0 aliphatic carbocycles. The molecular formula is C33H33NO. The Hall–Kier alpha value is -3.39. The highest BCUT2D eigenvalue weighted by molar-refractivity contribution is 6.17. The lowest BCUT2D eigenvalue weighted by molar-refractivity contribution is 0.400. The SMILES string of the molecule is CC(C)(C)Cc1c2c(cc3ccccc13)-c1nccc3c1c(cc1cccc(CC(C)(C)C)c13)O2. The molecule has 6 rings (SSSR count). The number of benzene rings is 4. The molecule has 0 amide bonds. The zero-order valence-corrected chi connectivity index (χ0v) is 21.6. The molecule has 176 valence electrons. The minimum atomic E-state index is 0.131. The van der Waals surface area contributed by atoms with Gasteiger partial charge in [0.1, 0.15) is 11.5 Å². The van der Waals surface area contributed by atoms with Crippen molar-refractivity contribution in [2.24, 2.45) is 10.8 Å². The average Bonchev–Trinajstić information content (AvgIpc) is 2.78. The monoisotopic (exact) mass is 459 g/mol. The molecule has 1 aliphatic rings. The van der Waals surface area contributed by atoms with Crippen molar-refractivity contribution in [3.8, 4) is 22.8 Å². The molecule has 0 N–H and O–H groups in total. The van der Waals surface area contributed by atoms with Crippen LogP contribution in [0.5, 0.6) is 11.5 Å². The van der Waals surface area contributed by atoms with Crippen molar-refractivity contribution in [3.63, 3.8) is 0 Å². The molecular weight excluding hydrogens is 426 g/mol. The number of hydrogen-bond donors (Lipinski definition) is 0. The highest BCUT2D eigenvalue weighted by atomic mass is 16.5. The van der Waals surface area contributed by atoms with Crippen LogP contribution in [0.4, 0.5) is 0 Å². The van der Waals surface area contributed by atoms with E-state index in [0.717, 1.165) is 41.0 Å².